The maximum absolute atomic E-state index is 12.3. The maximum atomic E-state index is 12.3. The van der Waals surface area contributed by atoms with Crippen LogP contribution < -0.4 is 10.5 Å². The predicted octanol–water partition coefficient (Wildman–Crippen LogP) is 0.132. The summed E-state index contributed by atoms with van der Waals surface area (Å²) in [5.74, 6) is -0.237. The summed E-state index contributed by atoms with van der Waals surface area (Å²) in [6, 6.07) is 5.59. The van der Waals surface area contributed by atoms with Crippen LogP contribution in [-0.4, -0.2) is 51.7 Å². The highest BCUT2D eigenvalue weighted by Gasteiger charge is 2.21. The molecular formula is C14H21N3O4S. The fourth-order valence-electron chi connectivity index (χ4n) is 2.37. The van der Waals surface area contributed by atoms with E-state index in [1.165, 1.54) is 24.3 Å². The van der Waals surface area contributed by atoms with Crippen LogP contribution in [0.1, 0.15) is 23.7 Å². The molecule has 0 bridgehead atoms. The molecule has 7 nitrogen and oxygen atoms in total. The first-order valence-corrected chi connectivity index (χ1v) is 8.72. The summed E-state index contributed by atoms with van der Waals surface area (Å²) in [5.41, 5.74) is 0.402. The van der Waals surface area contributed by atoms with Crippen LogP contribution in [0.5, 0.6) is 0 Å². The average Bonchev–Trinajstić information content (AvgIpc) is 2.52. The molecule has 1 aromatic carbocycles. The third-order valence-electron chi connectivity index (χ3n) is 3.62. The van der Waals surface area contributed by atoms with E-state index < -0.39 is 10.0 Å². The number of rotatable bonds is 5. The number of carbonyl (C=O) groups is 1. The number of sulfonamides is 1. The van der Waals surface area contributed by atoms with E-state index >= 15 is 0 Å². The topological polar surface area (TPSA) is 102 Å². The minimum Gasteiger partial charge on any atom is -0.379 e. The second-order valence-electron chi connectivity index (χ2n) is 5.12. The third kappa shape index (κ3) is 4.26. The van der Waals surface area contributed by atoms with Gasteiger partial charge in [-0.15, -0.1) is 0 Å². The Bertz CT molecular complexity index is 609. The summed E-state index contributed by atoms with van der Waals surface area (Å²) in [5, 5.41) is 8.00. The Morgan fingerprint density at radius 1 is 1.32 bits per heavy atom. The lowest BCUT2D eigenvalue weighted by Crippen LogP contribution is -2.52. The van der Waals surface area contributed by atoms with Crippen molar-refractivity contribution in [3.05, 3.63) is 29.8 Å². The van der Waals surface area contributed by atoms with E-state index in [1.807, 2.05) is 6.92 Å². The van der Waals surface area contributed by atoms with Gasteiger partial charge >= 0.3 is 0 Å². The minimum atomic E-state index is -3.74. The van der Waals surface area contributed by atoms with Crippen molar-refractivity contribution in [1.82, 2.24) is 10.2 Å². The van der Waals surface area contributed by atoms with Crippen LogP contribution in [-0.2, 0) is 14.8 Å². The molecule has 1 aromatic rings. The lowest BCUT2D eigenvalue weighted by molar-refractivity contribution is 0.00827. The third-order valence-corrected chi connectivity index (χ3v) is 4.55. The van der Waals surface area contributed by atoms with Crippen molar-refractivity contribution >= 4 is 15.9 Å². The van der Waals surface area contributed by atoms with E-state index in [4.69, 9.17) is 9.88 Å². The number of morpholine rings is 1. The van der Waals surface area contributed by atoms with Crippen LogP contribution in [0.2, 0.25) is 0 Å². The quantitative estimate of drug-likeness (QED) is 0.800. The molecule has 1 atom stereocenters. The number of nitrogens with two attached hydrogens (primary N) is 1. The first-order valence-electron chi connectivity index (χ1n) is 7.17. The molecule has 1 saturated heterocycles. The molecule has 0 aromatic heterocycles. The summed E-state index contributed by atoms with van der Waals surface area (Å²) in [6.45, 7) is 4.89. The zero-order valence-electron chi connectivity index (χ0n) is 12.5. The molecule has 1 unspecified atom stereocenters. The molecule has 3 N–H and O–H groups in total. The van der Waals surface area contributed by atoms with Gasteiger partial charge in [0, 0.05) is 18.7 Å². The van der Waals surface area contributed by atoms with Crippen LogP contribution in [0.25, 0.3) is 0 Å². The van der Waals surface area contributed by atoms with E-state index in [-0.39, 0.29) is 17.0 Å². The van der Waals surface area contributed by atoms with Gasteiger partial charge < -0.3 is 10.1 Å². The minimum absolute atomic E-state index is 0.00993. The number of nitrogens with one attached hydrogen (secondary N) is 1. The number of hydrogen-bond donors (Lipinski definition) is 2. The second-order valence-corrected chi connectivity index (χ2v) is 6.68. The molecule has 1 amide bonds. The van der Waals surface area contributed by atoms with Crippen molar-refractivity contribution in [2.45, 2.75) is 24.4 Å². The van der Waals surface area contributed by atoms with Gasteiger partial charge in [-0.25, -0.2) is 13.6 Å². The largest absolute Gasteiger partial charge is 0.379 e. The Balaban J connectivity index is 2.04. The van der Waals surface area contributed by atoms with Crippen molar-refractivity contribution in [2.24, 2.45) is 5.14 Å². The van der Waals surface area contributed by atoms with Crippen LogP contribution >= 0.6 is 0 Å². The number of hydrogen-bond acceptors (Lipinski definition) is 5. The van der Waals surface area contributed by atoms with Crippen molar-refractivity contribution in [1.29, 1.82) is 0 Å². The van der Waals surface area contributed by atoms with Gasteiger partial charge in [0.25, 0.3) is 5.91 Å². The molecule has 122 valence electrons. The molecule has 22 heavy (non-hydrogen) atoms. The van der Waals surface area contributed by atoms with Crippen molar-refractivity contribution in [3.63, 3.8) is 0 Å². The summed E-state index contributed by atoms with van der Waals surface area (Å²) in [7, 11) is -3.74. The standard InChI is InChI=1S/C14H21N3O4S/c1-2-13(17-7-9-21-10-8-17)16-14(18)11-3-5-12(6-4-11)22(15,19)20/h3-6,13H,2,7-10H2,1H3,(H,16,18)(H2,15,19,20). The van der Waals surface area contributed by atoms with E-state index in [2.05, 4.69) is 10.2 Å². The molecule has 8 heteroatoms. The Labute approximate surface area is 130 Å². The van der Waals surface area contributed by atoms with Gasteiger partial charge in [-0.2, -0.15) is 0 Å². The van der Waals surface area contributed by atoms with Crippen LogP contribution in [0.15, 0.2) is 29.2 Å². The monoisotopic (exact) mass is 327 g/mol. The molecule has 1 aliphatic rings. The van der Waals surface area contributed by atoms with Gasteiger partial charge in [0.2, 0.25) is 10.0 Å². The maximum Gasteiger partial charge on any atom is 0.252 e. The van der Waals surface area contributed by atoms with Crippen LogP contribution in [0.3, 0.4) is 0 Å². The molecule has 0 aliphatic carbocycles. The first-order chi connectivity index (χ1) is 10.4. The van der Waals surface area contributed by atoms with E-state index in [0.717, 1.165) is 19.5 Å². The molecule has 2 rings (SSSR count). The fraction of sp³-hybridized carbons (Fsp3) is 0.500. The SMILES string of the molecule is CCC(NC(=O)c1ccc(S(N)(=O)=O)cc1)N1CCOCC1. The van der Waals surface area contributed by atoms with E-state index in [0.29, 0.717) is 18.8 Å². The molecule has 1 aliphatic heterocycles. The van der Waals surface area contributed by atoms with Gasteiger partial charge in [-0.1, -0.05) is 6.92 Å². The molecule has 0 spiro atoms. The average molecular weight is 327 g/mol. The molecule has 1 fully saturated rings. The number of ether oxygens (including phenoxy) is 1. The number of nitrogens with zero attached hydrogens (tertiary/aromatic N) is 1. The van der Waals surface area contributed by atoms with Crippen molar-refractivity contribution < 1.29 is 17.9 Å². The van der Waals surface area contributed by atoms with Gasteiger partial charge in [0.15, 0.2) is 0 Å². The van der Waals surface area contributed by atoms with Crippen LogP contribution in [0.4, 0.5) is 0 Å². The normalized spacial score (nSPS) is 17.9. The Hall–Kier alpha value is -1.48. The molecule has 0 saturated carbocycles. The van der Waals surface area contributed by atoms with Gasteiger partial charge in [0.05, 0.1) is 24.3 Å². The van der Waals surface area contributed by atoms with Gasteiger partial charge in [-0.05, 0) is 30.7 Å². The van der Waals surface area contributed by atoms with Gasteiger partial charge in [0.1, 0.15) is 0 Å². The van der Waals surface area contributed by atoms with E-state index in [1.54, 1.807) is 0 Å². The zero-order valence-corrected chi connectivity index (χ0v) is 13.3. The predicted molar refractivity (Wildman–Crippen MR) is 81.8 cm³/mol. The van der Waals surface area contributed by atoms with Crippen molar-refractivity contribution in [3.8, 4) is 0 Å². The van der Waals surface area contributed by atoms with Crippen molar-refractivity contribution in [2.75, 3.05) is 26.3 Å². The van der Waals surface area contributed by atoms with Crippen LogP contribution in [0, 0.1) is 0 Å². The number of amides is 1. The summed E-state index contributed by atoms with van der Waals surface area (Å²) >= 11 is 0. The van der Waals surface area contributed by atoms with Gasteiger partial charge in [-0.3, -0.25) is 9.69 Å². The Morgan fingerprint density at radius 2 is 1.91 bits per heavy atom. The lowest BCUT2D eigenvalue weighted by atomic mass is 10.2. The summed E-state index contributed by atoms with van der Waals surface area (Å²) < 4.78 is 27.7. The summed E-state index contributed by atoms with van der Waals surface area (Å²) in [4.78, 5) is 14.4. The fourth-order valence-corrected chi connectivity index (χ4v) is 2.89. The highest BCUT2D eigenvalue weighted by Crippen LogP contribution is 2.10. The smallest absolute Gasteiger partial charge is 0.252 e. The second kappa shape index (κ2) is 7.19. The summed E-state index contributed by atoms with van der Waals surface area (Å²) in [6.07, 6.45) is 0.718. The van der Waals surface area contributed by atoms with E-state index in [9.17, 15) is 13.2 Å². The Morgan fingerprint density at radius 3 is 2.41 bits per heavy atom. The Kier molecular flexibility index (Phi) is 5.52. The number of primary sulfonamides is 1. The first kappa shape index (κ1) is 16.9. The molecular weight excluding hydrogens is 306 g/mol. The zero-order chi connectivity index (χ0) is 16.2. The number of carbonyl (C=O) groups excluding carboxylic acids is 1. The lowest BCUT2D eigenvalue weighted by Gasteiger charge is -2.34. The molecule has 0 radical (unpaired) electrons. The highest BCUT2D eigenvalue weighted by molar-refractivity contribution is 7.89. The highest BCUT2D eigenvalue weighted by atomic mass is 32.2. The molecule has 1 heterocycles. The number of benzene rings is 1.